The van der Waals surface area contributed by atoms with Crippen LogP contribution in [-0.4, -0.2) is 24.7 Å². The van der Waals surface area contributed by atoms with Gasteiger partial charge in [-0.1, -0.05) is 17.4 Å². The minimum atomic E-state index is -0.722. The monoisotopic (exact) mass is 390 g/mol. The zero-order valence-corrected chi connectivity index (χ0v) is 15.5. The molecule has 0 unspecified atom stereocenters. The summed E-state index contributed by atoms with van der Waals surface area (Å²) in [5, 5.41) is 0. The molecule has 0 aliphatic rings. The molecule has 0 saturated heterocycles. The van der Waals surface area contributed by atoms with Crippen LogP contribution in [0.4, 0.5) is 8.78 Å². The Balaban J connectivity index is 2.18. The van der Waals surface area contributed by atoms with E-state index in [-0.39, 0.29) is 22.4 Å². The third-order valence-corrected chi connectivity index (χ3v) is 4.83. The summed E-state index contributed by atoms with van der Waals surface area (Å²) in [7, 11) is 2.95. The van der Waals surface area contributed by atoms with E-state index < -0.39 is 17.5 Å². The number of benzene rings is 2. The number of methoxy groups -OCH3 is 2. The number of allylic oxidation sites excluding steroid dienone is 1. The predicted octanol–water partition coefficient (Wildman–Crippen LogP) is 3.93. The van der Waals surface area contributed by atoms with Gasteiger partial charge in [0.2, 0.25) is 0 Å². The van der Waals surface area contributed by atoms with E-state index in [1.54, 1.807) is 12.1 Å². The Labute approximate surface area is 157 Å². The van der Waals surface area contributed by atoms with Crippen LogP contribution in [0.5, 0.6) is 11.5 Å². The van der Waals surface area contributed by atoms with Gasteiger partial charge in [0, 0.05) is 24.2 Å². The highest BCUT2D eigenvalue weighted by Gasteiger charge is 2.14. The minimum absolute atomic E-state index is 0.177. The second-order valence-corrected chi connectivity index (χ2v) is 6.55. The fourth-order valence-corrected chi connectivity index (χ4v) is 3.67. The van der Waals surface area contributed by atoms with Crippen molar-refractivity contribution in [2.24, 2.45) is 4.99 Å². The highest BCUT2D eigenvalue weighted by Crippen LogP contribution is 2.24. The maximum Gasteiger partial charge on any atom is 0.279 e. The van der Waals surface area contributed by atoms with Crippen molar-refractivity contribution < 1.29 is 23.0 Å². The fourth-order valence-electron chi connectivity index (χ4n) is 2.60. The number of thiazole rings is 1. The van der Waals surface area contributed by atoms with Crippen molar-refractivity contribution in [3.05, 3.63) is 65.0 Å². The quantitative estimate of drug-likeness (QED) is 0.621. The lowest BCUT2D eigenvalue weighted by Gasteiger charge is -2.06. The Morgan fingerprint density at radius 2 is 1.85 bits per heavy atom. The normalized spacial score (nSPS) is 11.6. The molecule has 0 aliphatic carbocycles. The van der Waals surface area contributed by atoms with E-state index in [0.29, 0.717) is 16.2 Å². The third kappa shape index (κ3) is 3.75. The molecule has 0 atom stereocenters. The van der Waals surface area contributed by atoms with E-state index in [4.69, 9.17) is 9.47 Å². The first-order valence-electron chi connectivity index (χ1n) is 7.88. The van der Waals surface area contributed by atoms with Crippen LogP contribution in [0.3, 0.4) is 0 Å². The molecule has 0 fully saturated rings. The van der Waals surface area contributed by atoms with E-state index in [2.05, 4.69) is 11.6 Å². The van der Waals surface area contributed by atoms with Gasteiger partial charge in [-0.2, -0.15) is 4.99 Å². The molecule has 0 spiro atoms. The van der Waals surface area contributed by atoms with Gasteiger partial charge in [-0.25, -0.2) is 8.78 Å². The SMILES string of the molecule is C=CCn1c(=NC(=O)c2cc(OC)cc(OC)c2)sc2cc(F)cc(F)c21. The van der Waals surface area contributed by atoms with Crippen molar-refractivity contribution in [3.63, 3.8) is 0 Å². The highest BCUT2D eigenvalue weighted by atomic mass is 32.1. The lowest BCUT2D eigenvalue weighted by Crippen LogP contribution is -2.17. The molecular weight excluding hydrogens is 374 g/mol. The third-order valence-electron chi connectivity index (χ3n) is 3.80. The van der Waals surface area contributed by atoms with Gasteiger partial charge in [0.05, 0.1) is 24.4 Å². The van der Waals surface area contributed by atoms with Crippen molar-refractivity contribution >= 4 is 27.5 Å². The number of ether oxygens (including phenoxy) is 2. The van der Waals surface area contributed by atoms with Crippen molar-refractivity contribution in [3.8, 4) is 11.5 Å². The molecule has 0 bridgehead atoms. The molecule has 0 N–H and O–H groups in total. The van der Waals surface area contributed by atoms with Crippen molar-refractivity contribution in [1.29, 1.82) is 0 Å². The Kier molecular flexibility index (Phi) is 5.36. The number of nitrogens with zero attached hydrogens (tertiary/aromatic N) is 2. The number of amides is 1. The molecule has 27 heavy (non-hydrogen) atoms. The van der Waals surface area contributed by atoms with E-state index in [9.17, 15) is 13.6 Å². The maximum absolute atomic E-state index is 14.3. The standard InChI is InChI=1S/C19H16F2N2O3S/c1-4-5-23-17-15(21)8-12(20)9-16(17)27-19(23)22-18(24)11-6-13(25-2)10-14(7-11)26-3/h4,6-10H,1,5H2,2-3H3. The molecule has 0 saturated carbocycles. The lowest BCUT2D eigenvalue weighted by molar-refractivity contribution is 0.0997. The van der Waals surface area contributed by atoms with Gasteiger partial charge < -0.3 is 14.0 Å². The first-order chi connectivity index (χ1) is 13.0. The van der Waals surface area contributed by atoms with Crippen LogP contribution in [0.2, 0.25) is 0 Å². The van der Waals surface area contributed by atoms with Crippen molar-refractivity contribution in [1.82, 2.24) is 4.57 Å². The topological polar surface area (TPSA) is 52.8 Å². The van der Waals surface area contributed by atoms with Gasteiger partial charge in [0.25, 0.3) is 5.91 Å². The molecule has 3 aromatic rings. The summed E-state index contributed by atoms with van der Waals surface area (Å²) >= 11 is 1.02. The average molecular weight is 390 g/mol. The summed E-state index contributed by atoms with van der Waals surface area (Å²) < 4.78 is 39.9. The number of hydrogen-bond acceptors (Lipinski definition) is 4. The van der Waals surface area contributed by atoms with Crippen molar-refractivity contribution in [2.75, 3.05) is 14.2 Å². The van der Waals surface area contributed by atoms with Gasteiger partial charge in [-0.05, 0) is 18.2 Å². The van der Waals surface area contributed by atoms with E-state index in [1.807, 2.05) is 0 Å². The molecule has 1 amide bonds. The van der Waals surface area contributed by atoms with E-state index >= 15 is 0 Å². The number of rotatable bonds is 5. The van der Waals surface area contributed by atoms with E-state index in [1.165, 1.54) is 37.0 Å². The Morgan fingerprint density at radius 3 is 2.44 bits per heavy atom. The summed E-state index contributed by atoms with van der Waals surface area (Å²) in [4.78, 5) is 17.0. The van der Waals surface area contributed by atoms with Gasteiger partial charge in [0.15, 0.2) is 10.6 Å². The number of carbonyl (C=O) groups is 1. The van der Waals surface area contributed by atoms with E-state index in [0.717, 1.165) is 17.4 Å². The zero-order valence-electron chi connectivity index (χ0n) is 14.7. The summed E-state index contributed by atoms with van der Waals surface area (Å²) in [5.41, 5.74) is 0.427. The number of halogens is 2. The molecular formula is C19H16F2N2O3S. The Morgan fingerprint density at radius 1 is 1.19 bits per heavy atom. The predicted molar refractivity (Wildman–Crippen MR) is 99.4 cm³/mol. The summed E-state index contributed by atoms with van der Waals surface area (Å²) in [6, 6.07) is 6.69. The summed E-state index contributed by atoms with van der Waals surface area (Å²) in [6.07, 6.45) is 1.55. The largest absolute Gasteiger partial charge is 0.497 e. The minimum Gasteiger partial charge on any atom is -0.497 e. The molecule has 5 nitrogen and oxygen atoms in total. The molecule has 0 radical (unpaired) electrons. The second kappa shape index (κ2) is 7.71. The van der Waals surface area contributed by atoms with Crippen LogP contribution in [0.25, 0.3) is 10.2 Å². The van der Waals surface area contributed by atoms with Crippen LogP contribution >= 0.6 is 11.3 Å². The smallest absolute Gasteiger partial charge is 0.279 e. The van der Waals surface area contributed by atoms with Gasteiger partial charge in [0.1, 0.15) is 17.3 Å². The number of hydrogen-bond donors (Lipinski definition) is 0. The molecule has 3 rings (SSSR count). The maximum atomic E-state index is 14.3. The Bertz CT molecular complexity index is 1080. The molecule has 8 heteroatoms. The second-order valence-electron chi connectivity index (χ2n) is 5.54. The molecule has 140 valence electrons. The zero-order chi connectivity index (χ0) is 19.6. The highest BCUT2D eigenvalue weighted by molar-refractivity contribution is 7.16. The van der Waals surface area contributed by atoms with Crippen LogP contribution in [0.1, 0.15) is 10.4 Å². The molecule has 1 aromatic heterocycles. The van der Waals surface area contributed by atoms with Gasteiger partial charge in [-0.3, -0.25) is 4.79 Å². The van der Waals surface area contributed by atoms with Crippen LogP contribution in [0, 0.1) is 11.6 Å². The summed E-state index contributed by atoms with van der Waals surface area (Å²) in [5.74, 6) is -1.09. The molecule has 2 aromatic carbocycles. The van der Waals surface area contributed by atoms with Crippen molar-refractivity contribution in [2.45, 2.75) is 6.54 Å². The van der Waals surface area contributed by atoms with Gasteiger partial charge in [-0.15, -0.1) is 6.58 Å². The average Bonchev–Trinajstić information content (AvgIpc) is 2.98. The lowest BCUT2D eigenvalue weighted by atomic mass is 10.2. The summed E-state index contributed by atoms with van der Waals surface area (Å²) in [6.45, 7) is 3.86. The first-order valence-corrected chi connectivity index (χ1v) is 8.70. The van der Waals surface area contributed by atoms with Gasteiger partial charge >= 0.3 is 0 Å². The Hall–Kier alpha value is -3.00. The van der Waals surface area contributed by atoms with Crippen LogP contribution < -0.4 is 14.3 Å². The molecule has 0 aliphatic heterocycles. The van der Waals surface area contributed by atoms with Crippen LogP contribution in [0.15, 0.2) is 48.0 Å². The first kappa shape index (κ1) is 18.8. The number of carbonyl (C=O) groups excluding carboxylic acids is 1. The van der Waals surface area contributed by atoms with Crippen LogP contribution in [-0.2, 0) is 6.54 Å². The number of fused-ring (bicyclic) bond motifs is 1. The fraction of sp³-hybridized carbons (Fsp3) is 0.158. The number of aromatic nitrogens is 1. The molecule has 1 heterocycles.